The van der Waals surface area contributed by atoms with Crippen molar-refractivity contribution in [1.29, 1.82) is 0 Å². The highest BCUT2D eigenvalue weighted by Crippen LogP contribution is 2.32. The van der Waals surface area contributed by atoms with Crippen molar-refractivity contribution in [1.82, 2.24) is 9.44 Å². The summed E-state index contributed by atoms with van der Waals surface area (Å²) in [5.74, 6) is 1.54. The van der Waals surface area contributed by atoms with Gasteiger partial charge in [0, 0.05) is 30.8 Å². The molecule has 1 aromatic carbocycles. The van der Waals surface area contributed by atoms with Crippen LogP contribution < -0.4 is 30.0 Å². The van der Waals surface area contributed by atoms with Crippen molar-refractivity contribution in [3.8, 4) is 11.5 Å². The average molecular weight is 499 g/mol. The third kappa shape index (κ3) is 7.93. The highest BCUT2D eigenvalue weighted by Gasteiger charge is 2.11. The van der Waals surface area contributed by atoms with Gasteiger partial charge in [0.1, 0.15) is 0 Å². The van der Waals surface area contributed by atoms with Gasteiger partial charge in [0.25, 0.3) is 10.2 Å². The first-order valence-electron chi connectivity index (χ1n) is 8.09. The molecule has 0 fully saturated rings. The predicted molar refractivity (Wildman–Crippen MR) is 113 cm³/mol. The van der Waals surface area contributed by atoms with Crippen LogP contribution in [0.15, 0.2) is 23.2 Å². The van der Waals surface area contributed by atoms with E-state index in [2.05, 4.69) is 19.8 Å². The minimum absolute atomic E-state index is 0. The number of nitrogens with zero attached hydrogens (tertiary/aromatic N) is 1. The molecule has 0 aromatic heterocycles. The van der Waals surface area contributed by atoms with Gasteiger partial charge in [-0.1, -0.05) is 0 Å². The fourth-order valence-corrected chi connectivity index (χ4v) is 3.20. The van der Waals surface area contributed by atoms with E-state index in [0.717, 1.165) is 6.42 Å². The Kier molecular flexibility index (Phi) is 9.39. The maximum absolute atomic E-state index is 11.6. The van der Waals surface area contributed by atoms with Crippen molar-refractivity contribution in [3.05, 3.63) is 18.2 Å². The Bertz CT molecular complexity index is 712. The van der Waals surface area contributed by atoms with Crippen LogP contribution in [-0.2, 0) is 10.2 Å². The monoisotopic (exact) mass is 499 g/mol. The van der Waals surface area contributed by atoms with Crippen LogP contribution in [0.1, 0.15) is 20.3 Å². The number of ether oxygens (including phenoxy) is 2. The number of guanidine groups is 1. The fourth-order valence-electron chi connectivity index (χ4n) is 2.14. The highest BCUT2D eigenvalue weighted by atomic mass is 127. The van der Waals surface area contributed by atoms with Crippen molar-refractivity contribution >= 4 is 45.8 Å². The van der Waals surface area contributed by atoms with Gasteiger partial charge >= 0.3 is 0 Å². The lowest BCUT2D eigenvalue weighted by Crippen LogP contribution is -2.41. The summed E-state index contributed by atoms with van der Waals surface area (Å²) in [5, 5.41) is 2.94. The predicted octanol–water partition coefficient (Wildman–Crippen LogP) is 1.02. The molecule has 5 N–H and O–H groups in total. The lowest BCUT2D eigenvalue weighted by Gasteiger charge is -2.11. The zero-order chi connectivity index (χ0) is 18.3. The second-order valence-electron chi connectivity index (χ2n) is 5.77. The summed E-state index contributed by atoms with van der Waals surface area (Å²) < 4.78 is 39.2. The second kappa shape index (κ2) is 10.7. The van der Waals surface area contributed by atoms with Gasteiger partial charge in [-0.05, 0) is 26.0 Å². The summed E-state index contributed by atoms with van der Waals surface area (Å²) in [6, 6.07) is 5.23. The van der Waals surface area contributed by atoms with Crippen LogP contribution in [-0.4, -0.2) is 46.7 Å². The van der Waals surface area contributed by atoms with Gasteiger partial charge in [0.05, 0.1) is 19.8 Å². The molecule has 2 rings (SSSR count). The largest absolute Gasteiger partial charge is 0.490 e. The van der Waals surface area contributed by atoms with E-state index in [9.17, 15) is 8.42 Å². The zero-order valence-electron chi connectivity index (χ0n) is 14.8. The van der Waals surface area contributed by atoms with E-state index in [1.165, 1.54) is 0 Å². The number of anilines is 1. The lowest BCUT2D eigenvalue weighted by molar-refractivity contribution is 0.297. The normalized spacial score (nSPS) is 14.5. The van der Waals surface area contributed by atoms with Gasteiger partial charge in [-0.15, -0.1) is 24.0 Å². The van der Waals surface area contributed by atoms with Crippen LogP contribution in [0.5, 0.6) is 11.5 Å². The number of nitrogens with two attached hydrogens (primary N) is 1. The maximum atomic E-state index is 11.6. The summed E-state index contributed by atoms with van der Waals surface area (Å²) in [7, 11) is -3.51. The standard InChI is InChI=1S/C15H25N5O4S.HI/c1-11(2)20-25(21,22)18-7-6-17-15(16)19-12-4-5-13-14(10-12)24-9-3-8-23-13;/h4-5,10-11,18,20H,3,6-9H2,1-2H3,(H3,16,17,19);1H. The van der Waals surface area contributed by atoms with Gasteiger partial charge in [-0.2, -0.15) is 13.1 Å². The Morgan fingerprint density at radius 2 is 1.96 bits per heavy atom. The molecule has 0 radical (unpaired) electrons. The Labute approximate surface area is 171 Å². The molecular formula is C15H26IN5O4S. The summed E-state index contributed by atoms with van der Waals surface area (Å²) in [6.07, 6.45) is 0.836. The molecule has 26 heavy (non-hydrogen) atoms. The molecule has 1 aromatic rings. The molecule has 0 aliphatic carbocycles. The number of benzene rings is 1. The van der Waals surface area contributed by atoms with Crippen molar-refractivity contribution in [2.45, 2.75) is 26.3 Å². The number of fused-ring (bicyclic) bond motifs is 1. The Morgan fingerprint density at radius 3 is 2.65 bits per heavy atom. The smallest absolute Gasteiger partial charge is 0.277 e. The summed E-state index contributed by atoms with van der Waals surface area (Å²) in [4.78, 5) is 4.09. The van der Waals surface area contributed by atoms with E-state index < -0.39 is 10.2 Å². The second-order valence-corrected chi connectivity index (χ2v) is 7.31. The Hall–Kier alpha value is -1.31. The zero-order valence-corrected chi connectivity index (χ0v) is 18.0. The van der Waals surface area contributed by atoms with E-state index in [1.807, 2.05) is 12.1 Å². The van der Waals surface area contributed by atoms with Gasteiger partial charge in [-0.25, -0.2) is 4.72 Å². The molecule has 0 saturated heterocycles. The Morgan fingerprint density at radius 1 is 1.27 bits per heavy atom. The lowest BCUT2D eigenvalue weighted by atomic mass is 10.3. The quantitative estimate of drug-likeness (QED) is 0.192. The van der Waals surface area contributed by atoms with E-state index in [4.69, 9.17) is 15.2 Å². The first kappa shape index (κ1) is 22.7. The highest BCUT2D eigenvalue weighted by molar-refractivity contribution is 14.0. The third-order valence-corrected chi connectivity index (χ3v) is 4.46. The molecule has 1 aliphatic rings. The summed E-state index contributed by atoms with van der Waals surface area (Å²) >= 11 is 0. The molecule has 11 heteroatoms. The van der Waals surface area contributed by atoms with Crippen LogP contribution in [0, 0.1) is 0 Å². The SMILES string of the molecule is CC(C)NS(=O)(=O)NCCN=C(N)Nc1ccc2c(c1)OCCCO2.I. The van der Waals surface area contributed by atoms with E-state index in [1.54, 1.807) is 19.9 Å². The van der Waals surface area contributed by atoms with Crippen molar-refractivity contribution < 1.29 is 17.9 Å². The van der Waals surface area contributed by atoms with Gasteiger partial charge in [0.15, 0.2) is 17.5 Å². The minimum Gasteiger partial charge on any atom is -0.490 e. The molecule has 0 unspecified atom stereocenters. The van der Waals surface area contributed by atoms with E-state index in [0.29, 0.717) is 30.4 Å². The van der Waals surface area contributed by atoms with Crippen molar-refractivity contribution in [3.63, 3.8) is 0 Å². The van der Waals surface area contributed by atoms with Gasteiger partial charge in [-0.3, -0.25) is 4.99 Å². The summed E-state index contributed by atoms with van der Waals surface area (Å²) in [5.41, 5.74) is 6.53. The topological polar surface area (TPSA) is 127 Å². The van der Waals surface area contributed by atoms with Gasteiger partial charge < -0.3 is 20.5 Å². The first-order valence-corrected chi connectivity index (χ1v) is 9.57. The van der Waals surface area contributed by atoms with Crippen molar-refractivity contribution in [2.24, 2.45) is 10.7 Å². The maximum Gasteiger partial charge on any atom is 0.277 e. The number of nitrogens with one attached hydrogen (secondary N) is 3. The molecule has 0 amide bonds. The molecule has 1 heterocycles. The molecule has 0 saturated carbocycles. The van der Waals surface area contributed by atoms with Crippen molar-refractivity contribution in [2.75, 3.05) is 31.6 Å². The molecule has 9 nitrogen and oxygen atoms in total. The van der Waals surface area contributed by atoms with Crippen LogP contribution in [0.25, 0.3) is 0 Å². The van der Waals surface area contributed by atoms with Crippen LogP contribution >= 0.6 is 24.0 Å². The minimum atomic E-state index is -3.51. The fraction of sp³-hybridized carbons (Fsp3) is 0.533. The summed E-state index contributed by atoms with van der Waals surface area (Å²) in [6.45, 7) is 5.08. The molecule has 0 spiro atoms. The number of rotatable bonds is 7. The molecule has 0 bridgehead atoms. The number of hydrogen-bond donors (Lipinski definition) is 4. The Balaban J connectivity index is 0.00000338. The van der Waals surface area contributed by atoms with Crippen LogP contribution in [0.4, 0.5) is 5.69 Å². The molecule has 1 aliphatic heterocycles. The molecular weight excluding hydrogens is 473 g/mol. The number of hydrogen-bond acceptors (Lipinski definition) is 5. The third-order valence-electron chi connectivity index (χ3n) is 3.10. The van der Waals surface area contributed by atoms with E-state index in [-0.39, 0.29) is 49.1 Å². The average Bonchev–Trinajstić information content (AvgIpc) is 2.75. The molecule has 0 atom stereocenters. The first-order chi connectivity index (χ1) is 11.9. The van der Waals surface area contributed by atoms with Gasteiger partial charge in [0.2, 0.25) is 0 Å². The van der Waals surface area contributed by atoms with E-state index >= 15 is 0 Å². The number of halogens is 1. The van der Waals surface area contributed by atoms with Crippen LogP contribution in [0.2, 0.25) is 0 Å². The van der Waals surface area contributed by atoms with Crippen LogP contribution in [0.3, 0.4) is 0 Å². The molecule has 148 valence electrons. The number of aliphatic imine (C=N–C) groups is 1.